The van der Waals surface area contributed by atoms with Gasteiger partial charge in [0.2, 0.25) is 5.91 Å². The van der Waals surface area contributed by atoms with Gasteiger partial charge < -0.3 is 60.6 Å². The van der Waals surface area contributed by atoms with Crippen LogP contribution in [-0.4, -0.2) is 138 Å². The minimum absolute atomic E-state index is 0.0831. The number of hydrogen-bond donors (Lipinski definition) is 4. The fourth-order valence-electron chi connectivity index (χ4n) is 10.7. The molecule has 0 spiro atoms. The lowest BCUT2D eigenvalue weighted by molar-refractivity contribution is -0.121. The van der Waals surface area contributed by atoms with Gasteiger partial charge in [-0.3, -0.25) is 9.59 Å². The highest BCUT2D eigenvalue weighted by Crippen LogP contribution is 2.36. The van der Waals surface area contributed by atoms with Gasteiger partial charge in [0.15, 0.2) is 0 Å². The lowest BCUT2D eigenvalue weighted by Gasteiger charge is -2.28. The third-order valence-corrected chi connectivity index (χ3v) is 23.7. The van der Waals surface area contributed by atoms with E-state index in [1.165, 1.54) is 0 Å². The number of H-pyrrole nitrogens is 1. The summed E-state index contributed by atoms with van der Waals surface area (Å²) in [4.78, 5) is 48.9. The summed E-state index contributed by atoms with van der Waals surface area (Å²) in [6.45, 7) is 34.4. The summed E-state index contributed by atoms with van der Waals surface area (Å²) in [5, 5.41) is 19.7. The summed E-state index contributed by atoms with van der Waals surface area (Å²) in [6.07, 6.45) is 11.4. The predicted octanol–water partition coefficient (Wildman–Crippen LogP) is 9.97. The average molecular weight is 1180 g/mol. The molecular formula is C60H94N6O12Si3. The molecule has 4 aliphatic heterocycles. The van der Waals surface area contributed by atoms with Crippen LogP contribution < -0.4 is 21.2 Å². The van der Waals surface area contributed by atoms with Gasteiger partial charge >= 0.3 is 26.4 Å². The van der Waals surface area contributed by atoms with Crippen molar-refractivity contribution in [1.29, 1.82) is 0 Å². The van der Waals surface area contributed by atoms with Gasteiger partial charge in [-0.2, -0.15) is 0 Å². The van der Waals surface area contributed by atoms with Crippen LogP contribution >= 0.6 is 0 Å². The van der Waals surface area contributed by atoms with Crippen LogP contribution in [0.15, 0.2) is 96.4 Å². The Labute approximate surface area is 485 Å². The number of aromatic amines is 1. The Bertz CT molecular complexity index is 2750. The van der Waals surface area contributed by atoms with E-state index in [-0.39, 0.29) is 43.0 Å². The topological polar surface area (TPSA) is 214 Å². The van der Waals surface area contributed by atoms with E-state index in [0.717, 1.165) is 45.0 Å². The molecule has 0 aliphatic carbocycles. The first-order chi connectivity index (χ1) is 39.0. The smallest absolute Gasteiger partial charge is 0.500 e. The summed E-state index contributed by atoms with van der Waals surface area (Å²) < 4.78 is 55.3. The molecule has 8 bridgehead atoms. The normalized spacial score (nSPS) is 16.2. The first-order valence-corrected chi connectivity index (χ1v) is 35.5. The van der Waals surface area contributed by atoms with E-state index < -0.39 is 32.3 Å². The van der Waals surface area contributed by atoms with E-state index in [1.54, 1.807) is 0 Å². The number of carbonyl (C=O) groups is 2. The maximum Gasteiger partial charge on any atom is 0.500 e. The van der Waals surface area contributed by atoms with Crippen molar-refractivity contribution in [3.05, 3.63) is 97.7 Å². The second kappa shape index (κ2) is 32.9. The molecule has 21 heteroatoms. The molecule has 4 N–H and O–H groups in total. The standard InChI is InChI=1S/C60H94N6O12Si3/c1-15-46-42(12)51-41-54-47(16-2)43(13)50(65-54)40-52-44(14)48(31-32-56(68)61-33-28-36-80(73-20-6,74-21-7)75-22-8)58(66-52)57(60(69)62-34-29-37-81(76-23-9,77-24-10)78-25-11)59-49(38-45(63-59)39-53(46)64-51)55(67)30-26-27-35-79(70-17-3,71-18-4)72-19-5/h16,38-41,63,67H,2,15,17-37H2,1,3-14H3,(H,61,68)(H,62,69). The number of allylic oxidation sites excluding steroid dienone is 8. The predicted molar refractivity (Wildman–Crippen MR) is 329 cm³/mol. The molecule has 448 valence electrons. The number of aliphatic hydroxyl groups excluding tert-OH is 1. The van der Waals surface area contributed by atoms with Crippen molar-refractivity contribution in [1.82, 2.24) is 15.6 Å². The Morgan fingerprint density at radius 3 is 1.57 bits per heavy atom. The van der Waals surface area contributed by atoms with Gasteiger partial charge in [0.1, 0.15) is 5.76 Å². The number of carbonyl (C=O) groups excluding carboxylic acids is 2. The van der Waals surface area contributed by atoms with E-state index in [1.807, 2.05) is 107 Å². The number of hydrogen-bond acceptors (Lipinski definition) is 15. The molecule has 0 atom stereocenters. The third kappa shape index (κ3) is 17.4. The molecule has 1 aromatic rings. The zero-order valence-corrected chi connectivity index (χ0v) is 53.9. The zero-order chi connectivity index (χ0) is 59.2. The van der Waals surface area contributed by atoms with Gasteiger partial charge in [-0.05, 0) is 174 Å². The maximum atomic E-state index is 15.6. The van der Waals surface area contributed by atoms with Crippen LogP contribution in [0.25, 0.3) is 17.4 Å². The number of aromatic nitrogens is 1. The van der Waals surface area contributed by atoms with Gasteiger partial charge in [0.05, 0.1) is 45.1 Å². The zero-order valence-electron chi connectivity index (χ0n) is 50.9. The number of nitrogens with one attached hydrogen (secondary N) is 3. The van der Waals surface area contributed by atoms with Crippen molar-refractivity contribution in [3.63, 3.8) is 0 Å². The largest absolute Gasteiger partial charge is 0.512 e. The Morgan fingerprint density at radius 1 is 0.580 bits per heavy atom. The highest BCUT2D eigenvalue weighted by molar-refractivity contribution is 6.61. The monoisotopic (exact) mass is 1170 g/mol. The molecule has 0 fully saturated rings. The Morgan fingerprint density at radius 2 is 1.06 bits per heavy atom. The van der Waals surface area contributed by atoms with Gasteiger partial charge in [0, 0.05) is 120 Å². The minimum Gasteiger partial charge on any atom is -0.512 e. The summed E-state index contributed by atoms with van der Waals surface area (Å²) in [5.41, 5.74) is 10.1. The molecule has 0 unspecified atom stereocenters. The number of aliphatic hydroxyl groups is 1. The van der Waals surface area contributed by atoms with Crippen molar-refractivity contribution in [2.75, 3.05) is 72.6 Å². The van der Waals surface area contributed by atoms with E-state index in [4.69, 9.17) is 54.8 Å². The van der Waals surface area contributed by atoms with E-state index in [9.17, 15) is 9.90 Å². The molecule has 0 saturated carbocycles. The highest BCUT2D eigenvalue weighted by Gasteiger charge is 2.42. The van der Waals surface area contributed by atoms with Gasteiger partial charge in [-0.15, -0.1) is 0 Å². The fraction of sp³-hybridized carbons (Fsp3) is 0.583. The molecule has 81 heavy (non-hydrogen) atoms. The Kier molecular flexibility index (Phi) is 27.2. The molecule has 5 rings (SSSR count). The van der Waals surface area contributed by atoms with Crippen molar-refractivity contribution >= 4 is 72.8 Å². The molecule has 5 heterocycles. The minimum atomic E-state index is -3.06. The van der Waals surface area contributed by atoms with Gasteiger partial charge in [-0.1, -0.05) is 19.6 Å². The van der Waals surface area contributed by atoms with E-state index in [2.05, 4.69) is 36.0 Å². The maximum absolute atomic E-state index is 15.6. The highest BCUT2D eigenvalue weighted by atomic mass is 28.4. The van der Waals surface area contributed by atoms with Gasteiger partial charge in [0.25, 0.3) is 5.91 Å². The van der Waals surface area contributed by atoms with Crippen molar-refractivity contribution < 1.29 is 54.5 Å². The fourth-order valence-corrected chi connectivity index (χ4v) is 18.6. The lowest BCUT2D eigenvalue weighted by atomic mass is 9.94. The second-order valence-corrected chi connectivity index (χ2v) is 27.8. The van der Waals surface area contributed by atoms with Crippen LogP contribution in [0.2, 0.25) is 18.1 Å². The first kappa shape index (κ1) is 67.0. The quantitative estimate of drug-likeness (QED) is 0.0362. The van der Waals surface area contributed by atoms with Gasteiger partial charge in [-0.25, -0.2) is 15.0 Å². The summed E-state index contributed by atoms with van der Waals surface area (Å²) in [6, 6.07) is 3.49. The number of aliphatic imine (C=N–C) groups is 3. The van der Waals surface area contributed by atoms with E-state index >= 15 is 4.79 Å². The molecule has 2 amide bonds. The third-order valence-electron chi connectivity index (χ3n) is 14.3. The summed E-state index contributed by atoms with van der Waals surface area (Å²) in [5.74, 6) is -0.511. The molecule has 1 aromatic heterocycles. The number of rotatable bonds is 37. The van der Waals surface area contributed by atoms with Crippen LogP contribution in [0.4, 0.5) is 0 Å². The van der Waals surface area contributed by atoms with Crippen molar-refractivity contribution in [2.45, 2.75) is 160 Å². The number of amides is 2. The molecule has 18 nitrogen and oxygen atoms in total. The molecule has 0 saturated heterocycles. The second-order valence-electron chi connectivity index (χ2n) is 19.6. The Hall–Kier alpha value is -4.76. The molecular weight excluding hydrogens is 1080 g/mol. The number of nitrogens with zero attached hydrogens (tertiary/aromatic N) is 3. The van der Waals surface area contributed by atoms with Crippen LogP contribution in [0, 0.1) is 0 Å². The van der Waals surface area contributed by atoms with Crippen molar-refractivity contribution in [3.8, 4) is 0 Å². The van der Waals surface area contributed by atoms with Crippen LogP contribution in [-0.2, 0) is 49.4 Å². The molecule has 0 radical (unpaired) electrons. The average Bonchev–Trinajstić information content (AvgIpc) is 4.29. The van der Waals surface area contributed by atoms with E-state index in [0.29, 0.717) is 155 Å². The van der Waals surface area contributed by atoms with Crippen LogP contribution in [0.5, 0.6) is 0 Å². The Balaban J connectivity index is 1.72. The van der Waals surface area contributed by atoms with Crippen LogP contribution in [0.3, 0.4) is 0 Å². The molecule has 0 aromatic carbocycles. The van der Waals surface area contributed by atoms with Crippen LogP contribution in [0.1, 0.15) is 147 Å². The summed E-state index contributed by atoms with van der Waals surface area (Å²) >= 11 is 0. The SMILES string of the molecule is C=CC1=C(C)C2=NC1=CC1=NC(=Cc3cc(=C(O)CCCC[Si](OCC)(OCC)OCC)c([nH]3)=C(C(=O)NCCC[Si](OCC)(OCC)OCC)C3=NC(=C2)C(C)=C3CCC(=O)NCCC[Si](OCC)(OCC)OCC)C(CC)=C1C. The first-order valence-electron chi connectivity index (χ1n) is 29.7. The lowest BCUT2D eigenvalue weighted by Crippen LogP contribution is -2.46. The summed E-state index contributed by atoms with van der Waals surface area (Å²) in [7, 11) is -8.94. The number of unbranched alkanes of at least 4 members (excludes halogenated alkanes) is 1. The molecule has 4 aliphatic rings. The number of fused-ring (bicyclic) bond motifs is 5. The van der Waals surface area contributed by atoms with Crippen molar-refractivity contribution in [2.24, 2.45) is 15.0 Å².